The van der Waals surface area contributed by atoms with Crippen LogP contribution < -0.4 is 0 Å². The first-order valence-electron chi connectivity index (χ1n) is 4.39. The van der Waals surface area contributed by atoms with Crippen LogP contribution in [0.2, 0.25) is 0 Å². The lowest BCUT2D eigenvalue weighted by atomic mass is 9.84. The third kappa shape index (κ3) is 2.41. The molecule has 0 amide bonds. The Balaban J connectivity index is 3.04. The maximum atomic E-state index is 11.0. The molecular weight excluding hydrogens is 264 g/mol. The number of furan rings is 1. The lowest BCUT2D eigenvalue weighted by Gasteiger charge is -2.27. The van der Waals surface area contributed by atoms with Crippen molar-refractivity contribution >= 4 is 21.9 Å². The summed E-state index contributed by atoms with van der Waals surface area (Å²) in [5.41, 5.74) is -0.716. The predicted octanol–water partition coefficient (Wildman–Crippen LogP) is 2.42. The standard InChI is InChI=1S/C10H13BrO4/c1-10(2,8(14-3)9(12)13)7-4-6(11)5-15-7/h4-5,8H,1-3H3,(H,12,13). The first-order valence-corrected chi connectivity index (χ1v) is 5.19. The second kappa shape index (κ2) is 4.37. The number of carboxylic acid groups (broad SMARTS) is 1. The largest absolute Gasteiger partial charge is 0.479 e. The van der Waals surface area contributed by atoms with E-state index >= 15 is 0 Å². The van der Waals surface area contributed by atoms with Crippen LogP contribution in [0.1, 0.15) is 19.6 Å². The minimum absolute atomic E-state index is 0.573. The molecule has 15 heavy (non-hydrogen) atoms. The molecule has 0 aromatic carbocycles. The molecule has 0 saturated heterocycles. The summed E-state index contributed by atoms with van der Waals surface area (Å²) in [6.07, 6.45) is 0.585. The summed E-state index contributed by atoms with van der Waals surface area (Å²) in [6.45, 7) is 3.53. The first-order chi connectivity index (χ1) is 6.89. The normalized spacial score (nSPS) is 13.9. The molecule has 5 heteroatoms. The van der Waals surface area contributed by atoms with E-state index in [1.54, 1.807) is 19.9 Å². The SMILES string of the molecule is COC(C(=O)O)C(C)(C)c1cc(Br)co1. The van der Waals surface area contributed by atoms with Gasteiger partial charge in [-0.1, -0.05) is 0 Å². The molecule has 0 bridgehead atoms. The third-order valence-electron chi connectivity index (χ3n) is 2.32. The van der Waals surface area contributed by atoms with Gasteiger partial charge in [0, 0.05) is 7.11 Å². The van der Waals surface area contributed by atoms with Crippen LogP contribution in [-0.2, 0) is 14.9 Å². The maximum Gasteiger partial charge on any atom is 0.333 e. The fraction of sp³-hybridized carbons (Fsp3) is 0.500. The summed E-state index contributed by atoms with van der Waals surface area (Å²) < 4.78 is 11.0. The van der Waals surface area contributed by atoms with Gasteiger partial charge in [-0.15, -0.1) is 0 Å². The molecule has 84 valence electrons. The van der Waals surface area contributed by atoms with E-state index in [1.807, 2.05) is 0 Å². The zero-order chi connectivity index (χ0) is 11.6. The smallest absolute Gasteiger partial charge is 0.333 e. The zero-order valence-electron chi connectivity index (χ0n) is 8.78. The maximum absolute atomic E-state index is 11.0. The van der Waals surface area contributed by atoms with Crippen LogP contribution in [-0.4, -0.2) is 24.3 Å². The number of halogens is 1. The van der Waals surface area contributed by atoms with Crippen molar-refractivity contribution in [3.05, 3.63) is 22.6 Å². The molecule has 0 radical (unpaired) electrons. The molecule has 4 nitrogen and oxygen atoms in total. The van der Waals surface area contributed by atoms with Gasteiger partial charge in [0.2, 0.25) is 0 Å². The molecule has 0 aliphatic carbocycles. The number of ether oxygens (including phenoxy) is 1. The number of carboxylic acids is 1. The minimum Gasteiger partial charge on any atom is -0.479 e. The fourth-order valence-electron chi connectivity index (χ4n) is 1.48. The second-order valence-corrected chi connectivity index (χ2v) is 4.72. The van der Waals surface area contributed by atoms with Gasteiger partial charge in [-0.25, -0.2) is 4.79 Å². The second-order valence-electron chi connectivity index (χ2n) is 3.80. The van der Waals surface area contributed by atoms with Crippen LogP contribution in [0.25, 0.3) is 0 Å². The van der Waals surface area contributed by atoms with Crippen molar-refractivity contribution in [3.63, 3.8) is 0 Å². The molecule has 0 spiro atoms. The summed E-state index contributed by atoms with van der Waals surface area (Å²) in [5, 5.41) is 9.00. The molecule has 1 heterocycles. The molecule has 1 unspecified atom stereocenters. The number of hydrogen-bond donors (Lipinski definition) is 1. The lowest BCUT2D eigenvalue weighted by Crippen LogP contribution is -2.41. The van der Waals surface area contributed by atoms with E-state index in [1.165, 1.54) is 13.4 Å². The Labute approximate surface area is 96.4 Å². The number of rotatable bonds is 4. The van der Waals surface area contributed by atoms with E-state index < -0.39 is 17.5 Å². The summed E-state index contributed by atoms with van der Waals surface area (Å²) in [5.74, 6) is -0.432. The van der Waals surface area contributed by atoms with E-state index in [2.05, 4.69) is 15.9 Å². The molecule has 1 N–H and O–H groups in total. The van der Waals surface area contributed by atoms with Crippen LogP contribution >= 0.6 is 15.9 Å². The van der Waals surface area contributed by atoms with Crippen LogP contribution in [0.3, 0.4) is 0 Å². The molecule has 0 aliphatic heterocycles. The van der Waals surface area contributed by atoms with E-state index in [9.17, 15) is 4.79 Å². The number of carbonyl (C=O) groups is 1. The Hall–Kier alpha value is -0.810. The number of hydrogen-bond acceptors (Lipinski definition) is 3. The van der Waals surface area contributed by atoms with Gasteiger partial charge in [-0.2, -0.15) is 0 Å². The average molecular weight is 277 g/mol. The predicted molar refractivity (Wildman–Crippen MR) is 57.9 cm³/mol. The van der Waals surface area contributed by atoms with Crippen molar-refractivity contribution in [1.82, 2.24) is 0 Å². The topological polar surface area (TPSA) is 59.7 Å². The summed E-state index contributed by atoms with van der Waals surface area (Å²) >= 11 is 3.25. The molecule has 1 aromatic rings. The molecule has 0 aliphatic rings. The first kappa shape index (κ1) is 12.3. The molecular formula is C10H13BrO4. The monoisotopic (exact) mass is 276 g/mol. The van der Waals surface area contributed by atoms with Gasteiger partial charge in [0.1, 0.15) is 12.0 Å². The van der Waals surface area contributed by atoms with Crippen LogP contribution in [0.4, 0.5) is 0 Å². The van der Waals surface area contributed by atoms with E-state index in [4.69, 9.17) is 14.3 Å². The highest BCUT2D eigenvalue weighted by molar-refractivity contribution is 9.10. The Kier molecular flexibility index (Phi) is 3.57. The lowest BCUT2D eigenvalue weighted by molar-refractivity contribution is -0.153. The van der Waals surface area contributed by atoms with Gasteiger partial charge in [0.15, 0.2) is 6.10 Å². The third-order valence-corrected chi connectivity index (χ3v) is 2.73. The Morgan fingerprint density at radius 3 is 2.60 bits per heavy atom. The number of aliphatic carboxylic acids is 1. The van der Waals surface area contributed by atoms with Crippen molar-refractivity contribution in [1.29, 1.82) is 0 Å². The minimum atomic E-state index is -1.00. The van der Waals surface area contributed by atoms with E-state index in [0.717, 1.165) is 4.47 Å². The molecule has 1 atom stereocenters. The van der Waals surface area contributed by atoms with Gasteiger partial charge in [-0.3, -0.25) is 0 Å². The van der Waals surface area contributed by atoms with Crippen molar-refractivity contribution in [3.8, 4) is 0 Å². The highest BCUT2D eigenvalue weighted by atomic mass is 79.9. The van der Waals surface area contributed by atoms with Gasteiger partial charge in [-0.05, 0) is 35.8 Å². The van der Waals surface area contributed by atoms with E-state index in [0.29, 0.717) is 5.76 Å². The number of methoxy groups -OCH3 is 1. The van der Waals surface area contributed by atoms with E-state index in [-0.39, 0.29) is 0 Å². The van der Waals surface area contributed by atoms with Crippen LogP contribution in [0.15, 0.2) is 21.2 Å². The molecule has 1 aromatic heterocycles. The highest BCUT2D eigenvalue weighted by Crippen LogP contribution is 2.31. The average Bonchev–Trinajstić information content (AvgIpc) is 2.52. The van der Waals surface area contributed by atoms with Crippen molar-refractivity contribution in [2.24, 2.45) is 0 Å². The van der Waals surface area contributed by atoms with Crippen LogP contribution in [0, 0.1) is 0 Å². The van der Waals surface area contributed by atoms with Gasteiger partial charge in [0.25, 0.3) is 0 Å². The van der Waals surface area contributed by atoms with Crippen molar-refractivity contribution in [2.75, 3.05) is 7.11 Å². The Bertz CT molecular complexity index is 356. The summed E-state index contributed by atoms with van der Waals surface area (Å²) in [7, 11) is 1.37. The van der Waals surface area contributed by atoms with Crippen LogP contribution in [0.5, 0.6) is 0 Å². The molecule has 1 rings (SSSR count). The molecule has 0 saturated carbocycles. The Morgan fingerprint density at radius 1 is 1.67 bits per heavy atom. The Morgan fingerprint density at radius 2 is 2.27 bits per heavy atom. The zero-order valence-corrected chi connectivity index (χ0v) is 10.4. The van der Waals surface area contributed by atoms with Crippen molar-refractivity contribution in [2.45, 2.75) is 25.4 Å². The highest BCUT2D eigenvalue weighted by Gasteiger charge is 2.39. The summed E-state index contributed by atoms with van der Waals surface area (Å²) in [4.78, 5) is 11.0. The molecule has 0 fully saturated rings. The fourth-order valence-corrected chi connectivity index (χ4v) is 1.79. The quantitative estimate of drug-likeness (QED) is 0.918. The summed E-state index contributed by atoms with van der Waals surface area (Å²) in [6, 6.07) is 1.74. The van der Waals surface area contributed by atoms with Gasteiger partial charge >= 0.3 is 5.97 Å². The van der Waals surface area contributed by atoms with Gasteiger partial charge < -0.3 is 14.3 Å². The van der Waals surface area contributed by atoms with Gasteiger partial charge in [0.05, 0.1) is 9.89 Å². The van der Waals surface area contributed by atoms with Crippen molar-refractivity contribution < 1.29 is 19.1 Å².